The molecule has 0 unspecified atom stereocenters. The largest absolute Gasteiger partial charge is 0.537 e. The number of benzene rings is 1. The smallest absolute Gasteiger partial charge is 0.493 e. The third kappa shape index (κ3) is 3.88. The maximum atomic E-state index is 12.0. The van der Waals surface area contributed by atoms with Gasteiger partial charge in [-0.1, -0.05) is 11.6 Å². The molecule has 0 fully saturated rings. The fraction of sp³-hybridized carbons (Fsp3) is 0.333. The number of methoxy groups -OCH3 is 2. The Labute approximate surface area is 112 Å². The Morgan fingerprint density at radius 2 is 1.74 bits per heavy atom. The van der Waals surface area contributed by atoms with Crippen molar-refractivity contribution < 1.29 is 35.2 Å². The van der Waals surface area contributed by atoms with Crippen molar-refractivity contribution >= 4 is 21.7 Å². The van der Waals surface area contributed by atoms with Crippen LogP contribution in [0.3, 0.4) is 0 Å². The molecule has 10 heteroatoms. The van der Waals surface area contributed by atoms with Crippen LogP contribution in [0.1, 0.15) is 0 Å². The second-order valence-electron chi connectivity index (χ2n) is 3.12. The number of rotatable bonds is 4. The quantitative estimate of drug-likeness (QED) is 0.798. The summed E-state index contributed by atoms with van der Waals surface area (Å²) in [6.45, 7) is 0. The Kier molecular flexibility index (Phi) is 4.54. The Bertz CT molecular complexity index is 570. The lowest BCUT2D eigenvalue weighted by Gasteiger charge is -2.12. The van der Waals surface area contributed by atoms with E-state index >= 15 is 0 Å². The number of alkyl halides is 3. The van der Waals surface area contributed by atoms with Crippen molar-refractivity contribution in [2.45, 2.75) is 11.3 Å². The zero-order valence-corrected chi connectivity index (χ0v) is 11.2. The molecule has 0 aromatic heterocycles. The first kappa shape index (κ1) is 15.9. The molecule has 0 atom stereocenters. The molecule has 0 aliphatic carbocycles. The van der Waals surface area contributed by atoms with E-state index in [1.54, 1.807) is 0 Å². The van der Waals surface area contributed by atoms with Crippen molar-refractivity contribution in [1.29, 1.82) is 0 Å². The van der Waals surface area contributed by atoms with Crippen LogP contribution in [0.5, 0.6) is 11.5 Å². The fourth-order valence-electron chi connectivity index (χ4n) is 1.21. The average molecular weight is 321 g/mol. The number of ether oxygens (including phenoxy) is 2. The minimum Gasteiger partial charge on any atom is -0.493 e. The van der Waals surface area contributed by atoms with E-state index in [0.29, 0.717) is 0 Å². The van der Waals surface area contributed by atoms with E-state index in [4.69, 9.17) is 21.1 Å². The molecule has 0 saturated heterocycles. The third-order valence-electron chi connectivity index (χ3n) is 1.90. The first-order chi connectivity index (χ1) is 8.60. The summed E-state index contributed by atoms with van der Waals surface area (Å²) in [6, 6.07) is 1.58. The Balaban J connectivity index is 3.33. The molecule has 0 aliphatic heterocycles. The van der Waals surface area contributed by atoms with Crippen molar-refractivity contribution in [3.05, 3.63) is 17.2 Å². The van der Waals surface area contributed by atoms with Crippen molar-refractivity contribution in [2.75, 3.05) is 14.2 Å². The monoisotopic (exact) mass is 320 g/mol. The summed E-state index contributed by atoms with van der Waals surface area (Å²) in [5, 5.41) is -0.230. The summed E-state index contributed by atoms with van der Waals surface area (Å²) in [4.78, 5) is -0.799. The molecule has 0 bridgehead atoms. The van der Waals surface area contributed by atoms with Gasteiger partial charge in [0.25, 0.3) is 0 Å². The van der Waals surface area contributed by atoms with Crippen LogP contribution < -0.4 is 9.47 Å². The summed E-state index contributed by atoms with van der Waals surface area (Å²) in [5.74, 6) is -0.144. The summed E-state index contributed by atoms with van der Waals surface area (Å²) in [7, 11) is -2.63. The Morgan fingerprint density at radius 1 is 1.16 bits per heavy atom. The topological polar surface area (TPSA) is 61.8 Å². The molecule has 1 aromatic rings. The molecule has 0 N–H and O–H groups in total. The molecule has 0 aliphatic rings. The maximum absolute atomic E-state index is 12.0. The molecule has 5 nitrogen and oxygen atoms in total. The van der Waals surface area contributed by atoms with Gasteiger partial charge < -0.3 is 9.47 Å². The fourth-order valence-corrected chi connectivity index (χ4v) is 2.42. The summed E-state index contributed by atoms with van der Waals surface area (Å²) in [6.07, 6.45) is -5.33. The van der Waals surface area contributed by atoms with Gasteiger partial charge in [-0.2, -0.15) is 12.6 Å². The number of hydrogen-bond donors (Lipinski definition) is 0. The van der Waals surface area contributed by atoms with E-state index < -0.39 is 21.4 Å². The summed E-state index contributed by atoms with van der Waals surface area (Å²) in [5.41, 5.74) is 0. The lowest BCUT2D eigenvalue weighted by atomic mass is 10.3. The average Bonchev–Trinajstić information content (AvgIpc) is 2.24. The molecule has 0 heterocycles. The van der Waals surface area contributed by atoms with Crippen LogP contribution >= 0.6 is 11.6 Å². The van der Waals surface area contributed by atoms with Gasteiger partial charge in [-0.15, -0.1) is 13.2 Å². The molecule has 108 valence electrons. The van der Waals surface area contributed by atoms with Crippen LogP contribution in [0.2, 0.25) is 5.02 Å². The molecule has 0 radical (unpaired) electrons. The van der Waals surface area contributed by atoms with Crippen LogP contribution in [0.25, 0.3) is 0 Å². The van der Waals surface area contributed by atoms with Crippen LogP contribution in [0.15, 0.2) is 17.0 Å². The first-order valence-corrected chi connectivity index (χ1v) is 6.33. The van der Waals surface area contributed by atoms with Crippen molar-refractivity contribution in [3.63, 3.8) is 0 Å². The SMILES string of the molecule is COc1cc(S(=O)(=O)OC(F)(F)F)cc(Cl)c1OC. The van der Waals surface area contributed by atoms with E-state index in [1.165, 1.54) is 14.2 Å². The van der Waals surface area contributed by atoms with Gasteiger partial charge in [-0.25, -0.2) is 0 Å². The zero-order valence-electron chi connectivity index (χ0n) is 9.62. The Hall–Kier alpha value is -1.19. The predicted octanol–water partition coefficient (Wildman–Crippen LogP) is 2.58. The summed E-state index contributed by atoms with van der Waals surface area (Å²) >= 11 is 5.68. The van der Waals surface area contributed by atoms with Gasteiger partial charge in [-0.3, -0.25) is 0 Å². The van der Waals surface area contributed by atoms with Gasteiger partial charge in [0.15, 0.2) is 11.5 Å². The van der Waals surface area contributed by atoms with Crippen molar-refractivity contribution in [2.24, 2.45) is 0 Å². The van der Waals surface area contributed by atoms with Crippen molar-refractivity contribution in [1.82, 2.24) is 0 Å². The molecule has 0 spiro atoms. The second kappa shape index (κ2) is 5.43. The Morgan fingerprint density at radius 3 is 2.16 bits per heavy atom. The molecular weight excluding hydrogens is 313 g/mol. The van der Waals surface area contributed by atoms with E-state index in [-0.39, 0.29) is 16.5 Å². The highest BCUT2D eigenvalue weighted by atomic mass is 35.5. The van der Waals surface area contributed by atoms with Gasteiger partial charge in [0.2, 0.25) is 0 Å². The van der Waals surface area contributed by atoms with Gasteiger partial charge in [0, 0.05) is 6.07 Å². The number of hydrogen-bond acceptors (Lipinski definition) is 5. The van der Waals surface area contributed by atoms with Gasteiger partial charge in [-0.05, 0) is 6.07 Å². The highest BCUT2D eigenvalue weighted by Gasteiger charge is 2.38. The lowest BCUT2D eigenvalue weighted by molar-refractivity contribution is -0.271. The minimum absolute atomic E-state index is 0.00451. The van der Waals surface area contributed by atoms with Gasteiger partial charge >= 0.3 is 16.5 Å². The van der Waals surface area contributed by atoms with Crippen LogP contribution in [-0.4, -0.2) is 29.0 Å². The minimum atomic E-state index is -5.33. The molecule has 0 saturated carbocycles. The van der Waals surface area contributed by atoms with E-state index in [9.17, 15) is 21.6 Å². The molecule has 19 heavy (non-hydrogen) atoms. The van der Waals surface area contributed by atoms with Crippen LogP contribution in [0, 0.1) is 0 Å². The van der Waals surface area contributed by atoms with E-state index in [1.807, 2.05) is 0 Å². The molecule has 0 amide bonds. The highest BCUT2D eigenvalue weighted by Crippen LogP contribution is 2.38. The lowest BCUT2D eigenvalue weighted by Crippen LogP contribution is -2.20. The van der Waals surface area contributed by atoms with E-state index in [2.05, 4.69) is 4.18 Å². The summed E-state index contributed by atoms with van der Waals surface area (Å²) < 4.78 is 71.3. The van der Waals surface area contributed by atoms with Crippen LogP contribution in [-0.2, 0) is 14.3 Å². The first-order valence-electron chi connectivity index (χ1n) is 4.54. The standard InChI is InChI=1S/C9H8ClF3O5S/c1-16-7-4-5(3-6(10)8(7)17-2)19(14,15)18-9(11,12)13/h3-4H,1-2H3. The van der Waals surface area contributed by atoms with Crippen LogP contribution in [0.4, 0.5) is 13.2 Å². The predicted molar refractivity (Wildman–Crippen MR) is 58.9 cm³/mol. The van der Waals surface area contributed by atoms with Crippen molar-refractivity contribution in [3.8, 4) is 11.5 Å². The molecular formula is C9H8ClF3O5S. The maximum Gasteiger partial charge on any atom is 0.537 e. The second-order valence-corrected chi connectivity index (χ2v) is 5.08. The highest BCUT2D eigenvalue weighted by molar-refractivity contribution is 7.86. The van der Waals surface area contributed by atoms with Gasteiger partial charge in [0.05, 0.1) is 24.1 Å². The normalized spacial score (nSPS) is 12.3. The van der Waals surface area contributed by atoms with E-state index in [0.717, 1.165) is 12.1 Å². The molecule has 1 rings (SSSR count). The third-order valence-corrected chi connectivity index (χ3v) is 3.40. The molecule has 1 aromatic carbocycles. The van der Waals surface area contributed by atoms with Gasteiger partial charge in [0.1, 0.15) is 0 Å². The number of halogens is 4. The zero-order chi connectivity index (χ0) is 14.8.